The summed E-state index contributed by atoms with van der Waals surface area (Å²) < 4.78 is 5.67. The first-order valence-electron chi connectivity index (χ1n) is 5.05. The summed E-state index contributed by atoms with van der Waals surface area (Å²) in [4.78, 5) is 0. The number of ether oxygens (including phenoxy) is 1. The van der Waals surface area contributed by atoms with E-state index in [-0.39, 0.29) is 5.54 Å². The van der Waals surface area contributed by atoms with Crippen LogP contribution < -0.4 is 5.32 Å². The van der Waals surface area contributed by atoms with Crippen LogP contribution in [0.3, 0.4) is 0 Å². The van der Waals surface area contributed by atoms with Gasteiger partial charge in [-0.15, -0.1) is 0 Å². The van der Waals surface area contributed by atoms with Gasteiger partial charge in [-0.05, 0) is 42.8 Å². The molecule has 3 atom stereocenters. The second kappa shape index (κ2) is 2.02. The molecule has 0 unspecified atom stereocenters. The Hall–Kier alpha value is -0.310. The summed E-state index contributed by atoms with van der Waals surface area (Å²) in [5, 5.41) is 4.04. The summed E-state index contributed by atoms with van der Waals surface area (Å²) in [6, 6.07) is 0. The topological polar surface area (TPSA) is 21.3 Å². The van der Waals surface area contributed by atoms with Gasteiger partial charge in [0, 0.05) is 0 Å². The van der Waals surface area contributed by atoms with Crippen molar-refractivity contribution in [2.75, 3.05) is 0 Å². The minimum Gasteiger partial charge on any atom is -0.465 e. The normalized spacial score (nSPS) is 50.2. The highest BCUT2D eigenvalue weighted by Crippen LogP contribution is 2.62. The molecule has 0 radical (unpaired) electrons. The van der Waals surface area contributed by atoms with Crippen LogP contribution >= 0.6 is 12.2 Å². The molecule has 0 aromatic rings. The van der Waals surface area contributed by atoms with Crippen molar-refractivity contribution in [2.24, 2.45) is 11.3 Å². The van der Waals surface area contributed by atoms with E-state index in [1.54, 1.807) is 0 Å². The largest absolute Gasteiger partial charge is 0.465 e. The molecule has 2 aliphatic carbocycles. The molecule has 0 aromatic heterocycles. The van der Waals surface area contributed by atoms with Gasteiger partial charge in [0.2, 0.25) is 0 Å². The molecule has 2 saturated carbocycles. The molecular formula is C10H15NOS. The smallest absolute Gasteiger partial charge is 0.257 e. The summed E-state index contributed by atoms with van der Waals surface area (Å²) in [7, 11) is 0. The van der Waals surface area contributed by atoms with Crippen molar-refractivity contribution in [3.63, 3.8) is 0 Å². The molecule has 1 spiro atoms. The quantitative estimate of drug-likeness (QED) is 0.599. The second-order valence-electron chi connectivity index (χ2n) is 5.18. The predicted octanol–water partition coefficient (Wildman–Crippen LogP) is 1.84. The van der Waals surface area contributed by atoms with Crippen LogP contribution in [0.15, 0.2) is 0 Å². The molecule has 0 aromatic carbocycles. The van der Waals surface area contributed by atoms with Crippen LogP contribution in [-0.2, 0) is 4.74 Å². The number of nitrogens with one attached hydrogen (secondary N) is 1. The van der Waals surface area contributed by atoms with E-state index in [9.17, 15) is 0 Å². The molecule has 1 saturated heterocycles. The van der Waals surface area contributed by atoms with Crippen LogP contribution in [0.1, 0.15) is 33.1 Å². The fourth-order valence-electron chi connectivity index (χ4n) is 3.69. The molecule has 2 bridgehead atoms. The van der Waals surface area contributed by atoms with Gasteiger partial charge in [-0.25, -0.2) is 0 Å². The molecule has 3 aliphatic rings. The third kappa shape index (κ3) is 0.697. The number of rotatable bonds is 0. The second-order valence-corrected chi connectivity index (χ2v) is 5.55. The average Bonchev–Trinajstić information content (AvgIpc) is 2.55. The summed E-state index contributed by atoms with van der Waals surface area (Å²) in [5.41, 5.74) is 0.535. The predicted molar refractivity (Wildman–Crippen MR) is 54.5 cm³/mol. The Balaban J connectivity index is 2.09. The van der Waals surface area contributed by atoms with Gasteiger partial charge in [-0.3, -0.25) is 0 Å². The zero-order chi connectivity index (χ0) is 9.27. The number of fused-ring (bicyclic) bond motifs is 1. The highest BCUT2D eigenvalue weighted by molar-refractivity contribution is 7.80. The van der Waals surface area contributed by atoms with E-state index >= 15 is 0 Å². The molecule has 3 heteroatoms. The van der Waals surface area contributed by atoms with Crippen LogP contribution in [0, 0.1) is 11.3 Å². The lowest BCUT2D eigenvalue weighted by Gasteiger charge is -2.35. The summed E-state index contributed by atoms with van der Waals surface area (Å²) in [6.07, 6.45) is 4.12. The lowest BCUT2D eigenvalue weighted by molar-refractivity contribution is 0.120. The highest BCUT2D eigenvalue weighted by atomic mass is 32.1. The van der Waals surface area contributed by atoms with Gasteiger partial charge in [-0.2, -0.15) is 0 Å². The number of thiocarbonyl (C=S) groups is 1. The molecule has 1 N–H and O–H groups in total. The minimum absolute atomic E-state index is 0.175. The van der Waals surface area contributed by atoms with Crippen molar-refractivity contribution in [2.45, 2.75) is 44.8 Å². The fourth-order valence-corrected chi connectivity index (χ4v) is 3.99. The Morgan fingerprint density at radius 3 is 2.92 bits per heavy atom. The highest BCUT2D eigenvalue weighted by Gasteiger charge is 2.68. The van der Waals surface area contributed by atoms with E-state index in [2.05, 4.69) is 19.2 Å². The SMILES string of the molecule is CC1(C)[C@@H]2CC[C@@]13NC(=S)O[C@@H]3C2. The van der Waals surface area contributed by atoms with Crippen LogP contribution in [0.2, 0.25) is 0 Å². The Morgan fingerprint density at radius 2 is 2.31 bits per heavy atom. The first-order chi connectivity index (χ1) is 6.06. The molecule has 1 heterocycles. The van der Waals surface area contributed by atoms with Gasteiger partial charge in [0.25, 0.3) is 5.17 Å². The van der Waals surface area contributed by atoms with Crippen molar-refractivity contribution in [1.29, 1.82) is 0 Å². The average molecular weight is 197 g/mol. The van der Waals surface area contributed by atoms with E-state index in [4.69, 9.17) is 17.0 Å². The van der Waals surface area contributed by atoms with Crippen molar-refractivity contribution in [3.8, 4) is 0 Å². The van der Waals surface area contributed by atoms with Gasteiger partial charge in [0.15, 0.2) is 0 Å². The maximum Gasteiger partial charge on any atom is 0.257 e. The van der Waals surface area contributed by atoms with E-state index < -0.39 is 0 Å². The zero-order valence-corrected chi connectivity index (χ0v) is 8.91. The van der Waals surface area contributed by atoms with Gasteiger partial charge >= 0.3 is 0 Å². The first kappa shape index (κ1) is 8.04. The van der Waals surface area contributed by atoms with Gasteiger partial charge < -0.3 is 10.1 Å². The fraction of sp³-hybridized carbons (Fsp3) is 0.900. The maximum absolute atomic E-state index is 5.67. The first-order valence-corrected chi connectivity index (χ1v) is 5.46. The van der Waals surface area contributed by atoms with Gasteiger partial charge in [-0.1, -0.05) is 13.8 Å². The molecule has 3 rings (SSSR count). The van der Waals surface area contributed by atoms with Crippen LogP contribution in [0.5, 0.6) is 0 Å². The lowest BCUT2D eigenvalue weighted by Crippen LogP contribution is -2.52. The number of hydrogen-bond acceptors (Lipinski definition) is 2. The van der Waals surface area contributed by atoms with Crippen molar-refractivity contribution < 1.29 is 4.74 Å². The Kier molecular flexibility index (Phi) is 1.25. The van der Waals surface area contributed by atoms with Crippen LogP contribution in [-0.4, -0.2) is 16.8 Å². The summed E-state index contributed by atoms with van der Waals surface area (Å²) in [5.74, 6) is 0.827. The lowest BCUT2D eigenvalue weighted by atomic mass is 9.76. The molecule has 13 heavy (non-hydrogen) atoms. The van der Waals surface area contributed by atoms with Crippen molar-refractivity contribution in [3.05, 3.63) is 0 Å². The molecule has 3 fully saturated rings. The molecule has 0 amide bonds. The Bertz CT molecular complexity index is 289. The standard InChI is InChI=1S/C10H15NOS/c1-9(2)6-3-4-10(9)7(5-6)12-8(13)11-10/h6-7H,3-5H2,1-2H3,(H,11,13)/t6-,7-,10+/m1/s1. The van der Waals surface area contributed by atoms with E-state index in [1.807, 2.05) is 0 Å². The van der Waals surface area contributed by atoms with E-state index in [0.717, 1.165) is 5.92 Å². The molecule has 2 nitrogen and oxygen atoms in total. The Labute approximate surface area is 84.0 Å². The third-order valence-electron chi connectivity index (χ3n) is 4.68. The van der Waals surface area contributed by atoms with Crippen LogP contribution in [0.25, 0.3) is 0 Å². The Morgan fingerprint density at radius 1 is 1.54 bits per heavy atom. The molecule has 1 aliphatic heterocycles. The van der Waals surface area contributed by atoms with Gasteiger partial charge in [0.1, 0.15) is 6.10 Å². The summed E-state index contributed by atoms with van der Waals surface area (Å²) >= 11 is 5.10. The van der Waals surface area contributed by atoms with Crippen molar-refractivity contribution in [1.82, 2.24) is 5.32 Å². The van der Waals surface area contributed by atoms with E-state index in [0.29, 0.717) is 16.7 Å². The molecular weight excluding hydrogens is 182 g/mol. The molecule has 72 valence electrons. The van der Waals surface area contributed by atoms with Crippen molar-refractivity contribution >= 4 is 17.4 Å². The maximum atomic E-state index is 5.67. The zero-order valence-electron chi connectivity index (χ0n) is 8.09. The third-order valence-corrected chi connectivity index (χ3v) is 4.88. The minimum atomic E-state index is 0.175. The van der Waals surface area contributed by atoms with Gasteiger partial charge in [0.05, 0.1) is 5.54 Å². The van der Waals surface area contributed by atoms with E-state index in [1.165, 1.54) is 19.3 Å². The van der Waals surface area contributed by atoms with Crippen LogP contribution in [0.4, 0.5) is 0 Å². The number of hydrogen-bond donors (Lipinski definition) is 1. The summed E-state index contributed by atoms with van der Waals surface area (Å²) in [6.45, 7) is 4.71. The monoisotopic (exact) mass is 197 g/mol.